The Balaban J connectivity index is 1.65. The van der Waals surface area contributed by atoms with Crippen LogP contribution in [0.25, 0.3) is 11.3 Å². The van der Waals surface area contributed by atoms with Crippen LogP contribution < -0.4 is 5.32 Å². The molecule has 1 aliphatic rings. The molecule has 1 aromatic heterocycles. The number of hydrogen-bond acceptors (Lipinski definition) is 4. The lowest BCUT2D eigenvalue weighted by molar-refractivity contribution is -0.132. The van der Waals surface area contributed by atoms with Gasteiger partial charge < -0.3 is 10.2 Å². The molecule has 2 aromatic rings. The zero-order valence-corrected chi connectivity index (χ0v) is 15.4. The summed E-state index contributed by atoms with van der Waals surface area (Å²) in [6, 6.07) is 11.3. The molecule has 1 aliphatic heterocycles. The third kappa shape index (κ3) is 4.07. The highest BCUT2D eigenvalue weighted by Crippen LogP contribution is 2.19. The van der Waals surface area contributed by atoms with Crippen molar-refractivity contribution in [2.45, 2.75) is 38.6 Å². The van der Waals surface area contributed by atoms with Crippen molar-refractivity contribution < 1.29 is 9.59 Å². The van der Waals surface area contributed by atoms with E-state index in [9.17, 15) is 9.59 Å². The molecule has 1 N–H and O–H groups in total. The summed E-state index contributed by atoms with van der Waals surface area (Å²) in [5.74, 6) is 0.353. The van der Waals surface area contributed by atoms with Crippen molar-refractivity contribution in [1.82, 2.24) is 20.4 Å². The second-order valence-electron chi connectivity index (χ2n) is 7.06. The number of carbonyl (C=O) groups is 2. The van der Waals surface area contributed by atoms with Crippen molar-refractivity contribution in [3.8, 4) is 11.3 Å². The zero-order chi connectivity index (χ0) is 18.7. The Morgan fingerprint density at radius 2 is 1.88 bits per heavy atom. The molecule has 6 heteroatoms. The summed E-state index contributed by atoms with van der Waals surface area (Å²) < 4.78 is 0. The highest BCUT2D eigenvalue weighted by Gasteiger charge is 2.24. The lowest BCUT2D eigenvalue weighted by Crippen LogP contribution is -2.48. The molecule has 2 heterocycles. The summed E-state index contributed by atoms with van der Waals surface area (Å²) in [6.07, 6.45) is 1.16. The molecular weight excluding hydrogens is 328 g/mol. The fraction of sp³-hybridized carbons (Fsp3) is 0.400. The molecule has 1 saturated heterocycles. The van der Waals surface area contributed by atoms with Crippen LogP contribution in [0, 0.1) is 0 Å². The second kappa shape index (κ2) is 7.64. The summed E-state index contributed by atoms with van der Waals surface area (Å²) in [5.41, 5.74) is 3.27. The van der Waals surface area contributed by atoms with Crippen molar-refractivity contribution in [2.75, 3.05) is 13.6 Å². The van der Waals surface area contributed by atoms with E-state index in [1.165, 1.54) is 0 Å². The molecule has 136 valence electrons. The molecule has 0 bridgehead atoms. The van der Waals surface area contributed by atoms with Crippen LogP contribution in [0.1, 0.15) is 48.7 Å². The van der Waals surface area contributed by atoms with E-state index in [1.54, 1.807) is 24.1 Å². The van der Waals surface area contributed by atoms with E-state index < -0.39 is 0 Å². The molecule has 0 aliphatic carbocycles. The molecule has 1 fully saturated rings. The van der Waals surface area contributed by atoms with Gasteiger partial charge in [-0.15, -0.1) is 0 Å². The summed E-state index contributed by atoms with van der Waals surface area (Å²) >= 11 is 0. The van der Waals surface area contributed by atoms with E-state index in [1.807, 2.05) is 24.3 Å². The van der Waals surface area contributed by atoms with Crippen molar-refractivity contribution in [3.05, 3.63) is 47.7 Å². The van der Waals surface area contributed by atoms with E-state index in [2.05, 4.69) is 29.4 Å². The number of likely N-dealkylation sites (tertiary alicyclic amines) is 1. The summed E-state index contributed by atoms with van der Waals surface area (Å²) in [6.45, 7) is 4.72. The van der Waals surface area contributed by atoms with E-state index in [-0.39, 0.29) is 17.9 Å². The number of rotatable bonds is 4. The van der Waals surface area contributed by atoms with Gasteiger partial charge in [0.2, 0.25) is 5.91 Å². The minimum atomic E-state index is -0.120. The zero-order valence-electron chi connectivity index (χ0n) is 15.4. The van der Waals surface area contributed by atoms with Crippen LogP contribution in [-0.2, 0) is 4.79 Å². The average Bonchev–Trinajstić information content (AvgIpc) is 2.65. The Hall–Kier alpha value is -2.76. The number of amides is 2. The molecule has 3 rings (SSSR count). The SMILES string of the molecule is CC(C)c1ccc(-c2ccc(C(=O)NC3CCC(=O)N(C)C3)cc2)nn1. The van der Waals surface area contributed by atoms with Crippen LogP contribution in [0.5, 0.6) is 0 Å². The van der Waals surface area contributed by atoms with Gasteiger partial charge >= 0.3 is 0 Å². The first kappa shape index (κ1) is 18.0. The Kier molecular flexibility index (Phi) is 5.30. The molecule has 1 unspecified atom stereocenters. The largest absolute Gasteiger partial charge is 0.348 e. The Morgan fingerprint density at radius 1 is 1.15 bits per heavy atom. The first-order valence-corrected chi connectivity index (χ1v) is 8.93. The lowest BCUT2D eigenvalue weighted by Gasteiger charge is -2.30. The summed E-state index contributed by atoms with van der Waals surface area (Å²) in [5, 5.41) is 11.5. The summed E-state index contributed by atoms with van der Waals surface area (Å²) in [7, 11) is 1.76. The predicted molar refractivity (Wildman–Crippen MR) is 99.7 cm³/mol. The number of nitrogens with zero attached hydrogens (tertiary/aromatic N) is 3. The number of aromatic nitrogens is 2. The van der Waals surface area contributed by atoms with Crippen molar-refractivity contribution >= 4 is 11.8 Å². The first-order valence-electron chi connectivity index (χ1n) is 8.93. The van der Waals surface area contributed by atoms with E-state index in [0.29, 0.717) is 30.9 Å². The summed E-state index contributed by atoms with van der Waals surface area (Å²) in [4.78, 5) is 25.6. The fourth-order valence-electron chi connectivity index (χ4n) is 3.00. The van der Waals surface area contributed by atoms with Gasteiger partial charge in [-0.05, 0) is 36.6 Å². The van der Waals surface area contributed by atoms with E-state index in [4.69, 9.17) is 0 Å². The van der Waals surface area contributed by atoms with E-state index in [0.717, 1.165) is 17.0 Å². The highest BCUT2D eigenvalue weighted by molar-refractivity contribution is 5.95. The van der Waals surface area contributed by atoms with Crippen LogP contribution in [-0.4, -0.2) is 46.5 Å². The molecular formula is C20H24N4O2. The third-order valence-electron chi connectivity index (χ3n) is 4.68. The quantitative estimate of drug-likeness (QED) is 0.918. The van der Waals surface area contributed by atoms with Crippen LogP contribution >= 0.6 is 0 Å². The second-order valence-corrected chi connectivity index (χ2v) is 7.06. The van der Waals surface area contributed by atoms with Gasteiger partial charge in [0.15, 0.2) is 0 Å². The van der Waals surface area contributed by atoms with Crippen LogP contribution in [0.3, 0.4) is 0 Å². The third-order valence-corrected chi connectivity index (χ3v) is 4.68. The standard InChI is InChI=1S/C20H24N4O2/c1-13(2)17-9-10-18(23-22-17)14-4-6-15(7-5-14)20(26)21-16-8-11-19(25)24(3)12-16/h4-7,9-10,13,16H,8,11-12H2,1-3H3,(H,21,26). The highest BCUT2D eigenvalue weighted by atomic mass is 16.2. The monoisotopic (exact) mass is 352 g/mol. The minimum absolute atomic E-state index is 0.000629. The number of hydrogen-bond donors (Lipinski definition) is 1. The van der Waals surface area contributed by atoms with Gasteiger partial charge in [-0.3, -0.25) is 9.59 Å². The van der Waals surface area contributed by atoms with Crippen molar-refractivity contribution in [3.63, 3.8) is 0 Å². The van der Waals surface area contributed by atoms with Crippen molar-refractivity contribution in [1.29, 1.82) is 0 Å². The topological polar surface area (TPSA) is 75.2 Å². The predicted octanol–water partition coefficient (Wildman–Crippen LogP) is 2.62. The Bertz CT molecular complexity index is 784. The van der Waals surface area contributed by atoms with Crippen LogP contribution in [0.4, 0.5) is 0 Å². The minimum Gasteiger partial charge on any atom is -0.348 e. The smallest absolute Gasteiger partial charge is 0.251 e. The molecule has 0 radical (unpaired) electrons. The number of carbonyl (C=O) groups excluding carboxylic acids is 2. The molecule has 1 atom stereocenters. The van der Waals surface area contributed by atoms with E-state index >= 15 is 0 Å². The number of benzene rings is 1. The maximum absolute atomic E-state index is 12.4. The molecule has 0 saturated carbocycles. The Labute approximate surface area is 153 Å². The van der Waals surface area contributed by atoms with Gasteiger partial charge in [-0.1, -0.05) is 26.0 Å². The maximum atomic E-state index is 12.4. The van der Waals surface area contributed by atoms with Gasteiger partial charge in [0, 0.05) is 37.2 Å². The van der Waals surface area contributed by atoms with Gasteiger partial charge in [-0.25, -0.2) is 0 Å². The number of likely N-dealkylation sites (N-methyl/N-ethyl adjacent to an activating group) is 1. The molecule has 6 nitrogen and oxygen atoms in total. The molecule has 26 heavy (non-hydrogen) atoms. The van der Waals surface area contributed by atoms with Gasteiger partial charge in [-0.2, -0.15) is 10.2 Å². The van der Waals surface area contributed by atoms with Crippen LogP contribution in [0.15, 0.2) is 36.4 Å². The molecule has 2 amide bonds. The number of nitrogens with one attached hydrogen (secondary N) is 1. The average molecular weight is 352 g/mol. The number of piperidine rings is 1. The van der Waals surface area contributed by atoms with Gasteiger partial charge in [0.05, 0.1) is 11.4 Å². The maximum Gasteiger partial charge on any atom is 0.251 e. The molecule has 1 aromatic carbocycles. The van der Waals surface area contributed by atoms with Crippen LogP contribution in [0.2, 0.25) is 0 Å². The van der Waals surface area contributed by atoms with Gasteiger partial charge in [0.1, 0.15) is 0 Å². The first-order chi connectivity index (χ1) is 12.4. The Morgan fingerprint density at radius 3 is 2.46 bits per heavy atom. The molecule has 0 spiro atoms. The van der Waals surface area contributed by atoms with Crippen molar-refractivity contribution in [2.24, 2.45) is 0 Å². The van der Waals surface area contributed by atoms with Gasteiger partial charge in [0.25, 0.3) is 5.91 Å². The normalized spacial score (nSPS) is 17.5. The lowest BCUT2D eigenvalue weighted by atomic mass is 10.0. The fourth-order valence-corrected chi connectivity index (χ4v) is 3.00.